The number of aryl methyl sites for hydroxylation is 1. The van der Waals surface area contributed by atoms with Gasteiger partial charge in [-0.25, -0.2) is 0 Å². The zero-order valence-electron chi connectivity index (χ0n) is 11.0. The standard InChI is InChI=1S/C15H18N4/c1-2-6-13-11(4-1)7-9-19-14(17-18-15(13)19)12-5-3-8-16-10-12/h1-2,4,6,12,16H,3,5,7-10H2. The minimum absolute atomic E-state index is 0.528. The second kappa shape index (κ2) is 4.46. The summed E-state index contributed by atoms with van der Waals surface area (Å²) in [6.07, 6.45) is 3.56. The molecule has 1 atom stereocenters. The lowest BCUT2D eigenvalue weighted by atomic mass is 9.97. The first-order chi connectivity index (χ1) is 9.43. The maximum absolute atomic E-state index is 4.49. The van der Waals surface area contributed by atoms with E-state index in [1.54, 1.807) is 0 Å². The van der Waals surface area contributed by atoms with Crippen LogP contribution in [0.25, 0.3) is 11.4 Å². The molecule has 4 rings (SSSR count). The number of fused-ring (bicyclic) bond motifs is 3. The zero-order chi connectivity index (χ0) is 12.7. The van der Waals surface area contributed by atoms with Gasteiger partial charge in [-0.2, -0.15) is 0 Å². The molecule has 98 valence electrons. The minimum atomic E-state index is 0.528. The number of nitrogens with zero attached hydrogens (tertiary/aromatic N) is 3. The summed E-state index contributed by atoms with van der Waals surface area (Å²) in [5, 5.41) is 12.4. The van der Waals surface area contributed by atoms with Gasteiger partial charge in [0.15, 0.2) is 5.82 Å². The molecule has 1 N–H and O–H groups in total. The summed E-state index contributed by atoms with van der Waals surface area (Å²) in [4.78, 5) is 0. The van der Waals surface area contributed by atoms with Crippen molar-refractivity contribution in [1.29, 1.82) is 0 Å². The van der Waals surface area contributed by atoms with E-state index in [9.17, 15) is 0 Å². The number of rotatable bonds is 1. The van der Waals surface area contributed by atoms with Crippen molar-refractivity contribution >= 4 is 0 Å². The molecule has 2 aliphatic rings. The molecule has 0 bridgehead atoms. The normalized spacial score (nSPS) is 21.8. The Morgan fingerprint density at radius 3 is 3.05 bits per heavy atom. The summed E-state index contributed by atoms with van der Waals surface area (Å²) in [5.74, 6) is 2.76. The topological polar surface area (TPSA) is 42.7 Å². The lowest BCUT2D eigenvalue weighted by Gasteiger charge is -2.25. The summed E-state index contributed by atoms with van der Waals surface area (Å²) in [6, 6.07) is 8.56. The number of hydrogen-bond acceptors (Lipinski definition) is 3. The van der Waals surface area contributed by atoms with Gasteiger partial charge in [0.25, 0.3) is 0 Å². The van der Waals surface area contributed by atoms with Crippen LogP contribution in [0.2, 0.25) is 0 Å². The Morgan fingerprint density at radius 2 is 2.16 bits per heavy atom. The maximum Gasteiger partial charge on any atom is 0.164 e. The molecule has 0 saturated carbocycles. The van der Waals surface area contributed by atoms with Crippen molar-refractivity contribution < 1.29 is 0 Å². The first kappa shape index (κ1) is 11.2. The smallest absolute Gasteiger partial charge is 0.164 e. The minimum Gasteiger partial charge on any atom is -0.316 e. The van der Waals surface area contributed by atoms with Gasteiger partial charge in [0.1, 0.15) is 5.82 Å². The Morgan fingerprint density at radius 1 is 1.21 bits per heavy atom. The second-order valence-corrected chi connectivity index (χ2v) is 5.48. The number of aromatic nitrogens is 3. The van der Waals surface area contributed by atoms with Gasteiger partial charge in [-0.15, -0.1) is 10.2 Å². The summed E-state index contributed by atoms with van der Waals surface area (Å²) < 4.78 is 2.33. The molecule has 1 aromatic heterocycles. The van der Waals surface area contributed by atoms with Gasteiger partial charge < -0.3 is 9.88 Å². The first-order valence-electron chi connectivity index (χ1n) is 7.15. The van der Waals surface area contributed by atoms with Crippen LogP contribution < -0.4 is 5.32 Å². The van der Waals surface area contributed by atoms with E-state index in [0.717, 1.165) is 31.9 Å². The van der Waals surface area contributed by atoms with E-state index in [4.69, 9.17) is 0 Å². The van der Waals surface area contributed by atoms with E-state index < -0.39 is 0 Å². The molecule has 2 aliphatic heterocycles. The molecule has 0 spiro atoms. The van der Waals surface area contributed by atoms with Crippen LogP contribution in [0.5, 0.6) is 0 Å². The van der Waals surface area contributed by atoms with Crippen molar-refractivity contribution in [2.75, 3.05) is 13.1 Å². The van der Waals surface area contributed by atoms with Crippen molar-refractivity contribution in [3.8, 4) is 11.4 Å². The quantitative estimate of drug-likeness (QED) is 0.846. The van der Waals surface area contributed by atoms with Crippen LogP contribution in [0, 0.1) is 0 Å². The molecular formula is C15H18N4. The summed E-state index contributed by atoms with van der Waals surface area (Å²) in [5.41, 5.74) is 2.66. The van der Waals surface area contributed by atoms with Gasteiger partial charge in [-0.05, 0) is 31.4 Å². The molecule has 1 saturated heterocycles. The fourth-order valence-corrected chi connectivity index (χ4v) is 3.30. The molecule has 19 heavy (non-hydrogen) atoms. The van der Waals surface area contributed by atoms with Crippen LogP contribution in [-0.2, 0) is 13.0 Å². The number of hydrogen-bond donors (Lipinski definition) is 1. The maximum atomic E-state index is 4.49. The molecular weight excluding hydrogens is 236 g/mol. The molecule has 4 nitrogen and oxygen atoms in total. The Labute approximate surface area is 112 Å². The van der Waals surface area contributed by atoms with E-state index in [0.29, 0.717) is 5.92 Å². The largest absolute Gasteiger partial charge is 0.316 e. The molecule has 1 fully saturated rings. The second-order valence-electron chi connectivity index (χ2n) is 5.48. The number of piperidine rings is 1. The first-order valence-corrected chi connectivity index (χ1v) is 7.15. The van der Waals surface area contributed by atoms with Crippen LogP contribution in [0.4, 0.5) is 0 Å². The lowest BCUT2D eigenvalue weighted by Crippen LogP contribution is -2.30. The fourth-order valence-electron chi connectivity index (χ4n) is 3.30. The third kappa shape index (κ3) is 1.78. The molecule has 3 heterocycles. The molecule has 0 amide bonds. The summed E-state index contributed by atoms with van der Waals surface area (Å²) in [6.45, 7) is 3.20. The van der Waals surface area contributed by atoms with E-state index in [1.165, 1.54) is 29.8 Å². The van der Waals surface area contributed by atoms with Crippen molar-refractivity contribution in [2.24, 2.45) is 0 Å². The molecule has 0 aliphatic carbocycles. The Hall–Kier alpha value is -1.68. The van der Waals surface area contributed by atoms with E-state index in [1.807, 2.05) is 0 Å². The average molecular weight is 254 g/mol. The predicted molar refractivity (Wildman–Crippen MR) is 74.0 cm³/mol. The fraction of sp³-hybridized carbons (Fsp3) is 0.467. The molecule has 4 heteroatoms. The van der Waals surface area contributed by atoms with E-state index in [2.05, 4.69) is 44.3 Å². The highest BCUT2D eigenvalue weighted by Crippen LogP contribution is 2.31. The third-order valence-corrected chi connectivity index (χ3v) is 4.30. The highest BCUT2D eigenvalue weighted by Gasteiger charge is 2.26. The third-order valence-electron chi connectivity index (χ3n) is 4.30. The number of nitrogens with one attached hydrogen (secondary N) is 1. The van der Waals surface area contributed by atoms with Gasteiger partial charge in [0.2, 0.25) is 0 Å². The molecule has 0 radical (unpaired) electrons. The van der Waals surface area contributed by atoms with Crippen LogP contribution in [0.3, 0.4) is 0 Å². The van der Waals surface area contributed by atoms with Crippen LogP contribution >= 0.6 is 0 Å². The van der Waals surface area contributed by atoms with Crippen molar-refractivity contribution in [1.82, 2.24) is 20.1 Å². The van der Waals surface area contributed by atoms with Gasteiger partial charge >= 0.3 is 0 Å². The Bertz CT molecular complexity index is 596. The van der Waals surface area contributed by atoms with E-state index >= 15 is 0 Å². The highest BCUT2D eigenvalue weighted by atomic mass is 15.3. The van der Waals surface area contributed by atoms with Gasteiger partial charge in [0, 0.05) is 24.6 Å². The SMILES string of the molecule is c1ccc2c(c1)CCn1c-2nnc1C1CCCNC1. The predicted octanol–water partition coefficient (Wildman–Crippen LogP) is 1.97. The Balaban J connectivity index is 1.77. The van der Waals surface area contributed by atoms with E-state index in [-0.39, 0.29) is 0 Å². The molecule has 1 unspecified atom stereocenters. The summed E-state index contributed by atoms with van der Waals surface area (Å²) in [7, 11) is 0. The van der Waals surface area contributed by atoms with Crippen molar-refractivity contribution in [3.05, 3.63) is 35.7 Å². The van der Waals surface area contributed by atoms with Crippen LogP contribution in [0.1, 0.15) is 30.1 Å². The van der Waals surface area contributed by atoms with Crippen molar-refractivity contribution in [2.45, 2.75) is 31.7 Å². The lowest BCUT2D eigenvalue weighted by molar-refractivity contribution is 0.431. The molecule has 1 aromatic carbocycles. The zero-order valence-corrected chi connectivity index (χ0v) is 11.0. The van der Waals surface area contributed by atoms with Gasteiger partial charge in [0.05, 0.1) is 0 Å². The monoisotopic (exact) mass is 254 g/mol. The van der Waals surface area contributed by atoms with Crippen molar-refractivity contribution in [3.63, 3.8) is 0 Å². The Kier molecular flexibility index (Phi) is 2.62. The van der Waals surface area contributed by atoms with Gasteiger partial charge in [-0.1, -0.05) is 24.3 Å². The molecule has 2 aromatic rings. The number of benzene rings is 1. The highest BCUT2D eigenvalue weighted by molar-refractivity contribution is 5.62. The van der Waals surface area contributed by atoms with Crippen LogP contribution in [-0.4, -0.2) is 27.9 Å². The van der Waals surface area contributed by atoms with Crippen LogP contribution in [0.15, 0.2) is 24.3 Å². The van der Waals surface area contributed by atoms with Gasteiger partial charge in [-0.3, -0.25) is 0 Å². The average Bonchev–Trinajstić information content (AvgIpc) is 2.92. The summed E-state index contributed by atoms with van der Waals surface area (Å²) >= 11 is 0.